The molecular formula is C9H17NO2. The van der Waals surface area contributed by atoms with Gasteiger partial charge in [-0.05, 0) is 5.92 Å². The summed E-state index contributed by atoms with van der Waals surface area (Å²) in [6.45, 7) is 4.67. The third-order valence-electron chi connectivity index (χ3n) is 2.54. The van der Waals surface area contributed by atoms with Crippen LogP contribution in [0.5, 0.6) is 0 Å². The lowest BCUT2D eigenvalue weighted by Crippen LogP contribution is -2.28. The highest BCUT2D eigenvalue weighted by molar-refractivity contribution is 5.78. The van der Waals surface area contributed by atoms with Crippen molar-refractivity contribution >= 4 is 5.91 Å². The molecule has 1 heterocycles. The van der Waals surface area contributed by atoms with Gasteiger partial charge >= 0.3 is 0 Å². The minimum atomic E-state index is -0.334. The minimum Gasteiger partial charge on any atom is -0.392 e. The molecule has 0 spiro atoms. The zero-order valence-corrected chi connectivity index (χ0v) is 7.95. The molecule has 0 radical (unpaired) electrons. The first-order chi connectivity index (χ1) is 5.52. The highest BCUT2D eigenvalue weighted by Gasteiger charge is 2.33. The summed E-state index contributed by atoms with van der Waals surface area (Å²) in [5.41, 5.74) is 0. The van der Waals surface area contributed by atoms with Gasteiger partial charge in [-0.15, -0.1) is 0 Å². The Bertz CT molecular complexity index is 179. The van der Waals surface area contributed by atoms with E-state index in [-0.39, 0.29) is 23.8 Å². The lowest BCUT2D eigenvalue weighted by atomic mass is 9.93. The Morgan fingerprint density at radius 2 is 2.17 bits per heavy atom. The summed E-state index contributed by atoms with van der Waals surface area (Å²) < 4.78 is 0. The standard InChI is InChI=1S/C9H17NO2/c1-6(2)9(12)7-4-8(11)10(3)5-7/h6-7,9,12H,4-5H2,1-3H3. The van der Waals surface area contributed by atoms with E-state index in [2.05, 4.69) is 0 Å². The third kappa shape index (κ3) is 1.78. The molecule has 70 valence electrons. The molecule has 0 bridgehead atoms. The van der Waals surface area contributed by atoms with Gasteiger partial charge in [-0.3, -0.25) is 4.79 Å². The molecule has 2 atom stereocenters. The van der Waals surface area contributed by atoms with Gasteiger partial charge in [0, 0.05) is 25.9 Å². The Hall–Kier alpha value is -0.570. The van der Waals surface area contributed by atoms with E-state index in [1.54, 1.807) is 11.9 Å². The number of nitrogens with zero attached hydrogens (tertiary/aromatic N) is 1. The van der Waals surface area contributed by atoms with Crippen molar-refractivity contribution < 1.29 is 9.90 Å². The van der Waals surface area contributed by atoms with Gasteiger partial charge in [0.2, 0.25) is 5.91 Å². The molecule has 3 heteroatoms. The van der Waals surface area contributed by atoms with Gasteiger partial charge in [-0.1, -0.05) is 13.8 Å². The fourth-order valence-corrected chi connectivity index (χ4v) is 1.67. The SMILES string of the molecule is CC(C)C(O)C1CC(=O)N(C)C1. The lowest BCUT2D eigenvalue weighted by Gasteiger charge is -2.20. The first-order valence-electron chi connectivity index (χ1n) is 4.44. The average molecular weight is 171 g/mol. The summed E-state index contributed by atoms with van der Waals surface area (Å²) in [7, 11) is 1.79. The van der Waals surface area contributed by atoms with Crippen LogP contribution in [0.2, 0.25) is 0 Å². The van der Waals surface area contributed by atoms with E-state index >= 15 is 0 Å². The second kappa shape index (κ2) is 3.44. The van der Waals surface area contributed by atoms with Crippen molar-refractivity contribution in [2.24, 2.45) is 11.8 Å². The van der Waals surface area contributed by atoms with E-state index in [4.69, 9.17) is 0 Å². The fourth-order valence-electron chi connectivity index (χ4n) is 1.67. The quantitative estimate of drug-likeness (QED) is 0.656. The summed E-state index contributed by atoms with van der Waals surface area (Å²) in [6.07, 6.45) is 0.175. The van der Waals surface area contributed by atoms with Crippen LogP contribution in [0.25, 0.3) is 0 Å². The van der Waals surface area contributed by atoms with Crippen LogP contribution in [0.3, 0.4) is 0 Å². The fraction of sp³-hybridized carbons (Fsp3) is 0.889. The third-order valence-corrected chi connectivity index (χ3v) is 2.54. The maximum absolute atomic E-state index is 11.1. The molecule has 1 saturated heterocycles. The molecule has 12 heavy (non-hydrogen) atoms. The Labute approximate surface area is 73.4 Å². The Balaban J connectivity index is 2.51. The van der Waals surface area contributed by atoms with Gasteiger partial charge in [0.15, 0.2) is 0 Å². The number of rotatable bonds is 2. The molecular weight excluding hydrogens is 154 g/mol. The number of carbonyl (C=O) groups is 1. The molecule has 1 aliphatic heterocycles. The Morgan fingerprint density at radius 3 is 2.50 bits per heavy atom. The van der Waals surface area contributed by atoms with Crippen molar-refractivity contribution in [3.05, 3.63) is 0 Å². The van der Waals surface area contributed by atoms with E-state index in [0.717, 1.165) is 0 Å². The van der Waals surface area contributed by atoms with Crippen LogP contribution in [-0.4, -0.2) is 35.6 Å². The van der Waals surface area contributed by atoms with Crippen molar-refractivity contribution in [1.82, 2.24) is 4.90 Å². The van der Waals surface area contributed by atoms with Crippen LogP contribution < -0.4 is 0 Å². The molecule has 0 aromatic carbocycles. The number of hydrogen-bond donors (Lipinski definition) is 1. The highest BCUT2D eigenvalue weighted by Crippen LogP contribution is 2.23. The predicted octanol–water partition coefficient (Wildman–Crippen LogP) is 0.482. The van der Waals surface area contributed by atoms with E-state index < -0.39 is 0 Å². The molecule has 0 aromatic rings. The summed E-state index contributed by atoms with van der Waals surface area (Å²) in [5, 5.41) is 9.68. The average Bonchev–Trinajstić information content (AvgIpc) is 2.30. The molecule has 3 nitrogen and oxygen atoms in total. The first kappa shape index (κ1) is 9.52. The Morgan fingerprint density at radius 1 is 1.58 bits per heavy atom. The number of aliphatic hydroxyl groups excluding tert-OH is 1. The molecule has 0 aliphatic carbocycles. The zero-order valence-electron chi connectivity index (χ0n) is 7.95. The summed E-state index contributed by atoms with van der Waals surface area (Å²) in [4.78, 5) is 12.8. The molecule has 0 saturated carbocycles. The zero-order chi connectivity index (χ0) is 9.30. The van der Waals surface area contributed by atoms with Crippen LogP contribution in [-0.2, 0) is 4.79 Å². The second-order valence-electron chi connectivity index (χ2n) is 3.97. The van der Waals surface area contributed by atoms with Crippen LogP contribution in [0.15, 0.2) is 0 Å². The first-order valence-corrected chi connectivity index (χ1v) is 4.44. The second-order valence-corrected chi connectivity index (χ2v) is 3.97. The van der Waals surface area contributed by atoms with Crippen molar-refractivity contribution in [2.75, 3.05) is 13.6 Å². The van der Waals surface area contributed by atoms with E-state index in [0.29, 0.717) is 13.0 Å². The van der Waals surface area contributed by atoms with Gasteiger partial charge in [0.05, 0.1) is 6.10 Å². The molecule has 0 aromatic heterocycles. The van der Waals surface area contributed by atoms with Crippen molar-refractivity contribution in [1.29, 1.82) is 0 Å². The van der Waals surface area contributed by atoms with Gasteiger partial charge < -0.3 is 10.0 Å². The van der Waals surface area contributed by atoms with E-state index in [1.807, 2.05) is 13.8 Å². The lowest BCUT2D eigenvalue weighted by molar-refractivity contribution is -0.126. The smallest absolute Gasteiger partial charge is 0.222 e. The van der Waals surface area contributed by atoms with Gasteiger partial charge in [-0.25, -0.2) is 0 Å². The van der Waals surface area contributed by atoms with Crippen LogP contribution in [0.1, 0.15) is 20.3 Å². The number of hydrogen-bond acceptors (Lipinski definition) is 2. The van der Waals surface area contributed by atoms with E-state index in [1.165, 1.54) is 0 Å². The normalized spacial score (nSPS) is 26.9. The van der Waals surface area contributed by atoms with Gasteiger partial charge in [-0.2, -0.15) is 0 Å². The molecule has 1 aliphatic rings. The molecule has 1 rings (SSSR count). The maximum Gasteiger partial charge on any atom is 0.222 e. The van der Waals surface area contributed by atoms with Crippen molar-refractivity contribution in [3.63, 3.8) is 0 Å². The summed E-state index contributed by atoms with van der Waals surface area (Å²) >= 11 is 0. The molecule has 1 amide bonds. The number of amides is 1. The topological polar surface area (TPSA) is 40.5 Å². The van der Waals surface area contributed by atoms with Crippen molar-refractivity contribution in [2.45, 2.75) is 26.4 Å². The number of aliphatic hydroxyl groups is 1. The maximum atomic E-state index is 11.1. The largest absolute Gasteiger partial charge is 0.392 e. The minimum absolute atomic E-state index is 0.141. The van der Waals surface area contributed by atoms with Crippen LogP contribution in [0, 0.1) is 11.8 Å². The molecule has 2 unspecified atom stereocenters. The molecule has 1 fully saturated rings. The van der Waals surface area contributed by atoms with Crippen LogP contribution >= 0.6 is 0 Å². The molecule has 1 N–H and O–H groups in total. The predicted molar refractivity (Wildman–Crippen MR) is 46.6 cm³/mol. The number of likely N-dealkylation sites (tertiary alicyclic amines) is 1. The highest BCUT2D eigenvalue weighted by atomic mass is 16.3. The summed E-state index contributed by atoms with van der Waals surface area (Å²) in [5.74, 6) is 0.538. The van der Waals surface area contributed by atoms with E-state index in [9.17, 15) is 9.90 Å². The van der Waals surface area contributed by atoms with Gasteiger partial charge in [0.25, 0.3) is 0 Å². The van der Waals surface area contributed by atoms with Gasteiger partial charge in [0.1, 0.15) is 0 Å². The van der Waals surface area contributed by atoms with Crippen molar-refractivity contribution in [3.8, 4) is 0 Å². The Kier molecular flexibility index (Phi) is 2.73. The number of carbonyl (C=O) groups excluding carboxylic acids is 1. The monoisotopic (exact) mass is 171 g/mol. The summed E-state index contributed by atoms with van der Waals surface area (Å²) in [6, 6.07) is 0. The van der Waals surface area contributed by atoms with Crippen LogP contribution in [0.4, 0.5) is 0 Å².